The molecule has 1 unspecified atom stereocenters. The van der Waals surface area contributed by atoms with Crippen LogP contribution in [0.1, 0.15) is 51.6 Å². The van der Waals surface area contributed by atoms with Gasteiger partial charge in [-0.3, -0.25) is 0 Å². The molecule has 21 heavy (non-hydrogen) atoms. The maximum absolute atomic E-state index is 6.39. The first-order valence-corrected chi connectivity index (χ1v) is 8.33. The van der Waals surface area contributed by atoms with E-state index < -0.39 is 0 Å². The summed E-state index contributed by atoms with van der Waals surface area (Å²) < 4.78 is 5.68. The average Bonchev–Trinajstić information content (AvgIpc) is 3.23. The van der Waals surface area contributed by atoms with Gasteiger partial charge in [0.25, 0.3) is 0 Å². The Kier molecular flexibility index (Phi) is 6.07. The molecule has 2 rings (SSSR count). The van der Waals surface area contributed by atoms with Gasteiger partial charge in [-0.2, -0.15) is 0 Å². The molecule has 1 atom stereocenters. The lowest BCUT2D eigenvalue weighted by Crippen LogP contribution is -2.34. The van der Waals surface area contributed by atoms with Gasteiger partial charge in [-0.1, -0.05) is 19.1 Å². The summed E-state index contributed by atoms with van der Waals surface area (Å²) in [6, 6.07) is 8.34. The molecule has 0 aliphatic heterocycles. The van der Waals surface area contributed by atoms with Crippen molar-refractivity contribution >= 4 is 0 Å². The molecule has 1 aromatic rings. The van der Waals surface area contributed by atoms with Gasteiger partial charge in [-0.15, -0.1) is 0 Å². The highest BCUT2D eigenvalue weighted by molar-refractivity contribution is 5.29. The fourth-order valence-corrected chi connectivity index (χ4v) is 2.69. The van der Waals surface area contributed by atoms with Crippen LogP contribution < -0.4 is 10.5 Å². The average molecular weight is 290 g/mol. The minimum atomic E-state index is 0.0865. The van der Waals surface area contributed by atoms with E-state index in [2.05, 4.69) is 24.0 Å². The molecule has 0 saturated heterocycles. The van der Waals surface area contributed by atoms with Gasteiger partial charge in [-0.25, -0.2) is 0 Å². The van der Waals surface area contributed by atoms with E-state index in [1.807, 2.05) is 26.0 Å². The van der Waals surface area contributed by atoms with E-state index in [4.69, 9.17) is 10.5 Å². The van der Waals surface area contributed by atoms with Crippen LogP contribution in [-0.2, 0) is 0 Å². The zero-order valence-corrected chi connectivity index (χ0v) is 13.7. The molecular weight excluding hydrogens is 260 g/mol. The Labute approximate surface area is 129 Å². The van der Waals surface area contributed by atoms with Crippen molar-refractivity contribution in [2.45, 2.75) is 52.2 Å². The van der Waals surface area contributed by atoms with Crippen LogP contribution in [0.2, 0.25) is 0 Å². The number of nitrogens with two attached hydrogens (primary N) is 1. The zero-order chi connectivity index (χ0) is 15.2. The van der Waals surface area contributed by atoms with Crippen molar-refractivity contribution in [3.63, 3.8) is 0 Å². The fourth-order valence-electron chi connectivity index (χ4n) is 2.69. The first kappa shape index (κ1) is 16.3. The highest BCUT2D eigenvalue weighted by Gasteiger charge is 2.24. The molecule has 0 heterocycles. The highest BCUT2D eigenvalue weighted by atomic mass is 16.5. The molecule has 0 amide bonds. The number of benzene rings is 1. The Morgan fingerprint density at radius 3 is 2.43 bits per heavy atom. The van der Waals surface area contributed by atoms with Crippen molar-refractivity contribution in [2.24, 2.45) is 11.7 Å². The molecule has 1 saturated carbocycles. The van der Waals surface area contributed by atoms with Crippen LogP contribution in [0, 0.1) is 5.92 Å². The Bertz CT molecular complexity index is 412. The molecule has 0 aromatic heterocycles. The predicted molar refractivity (Wildman–Crippen MR) is 88.6 cm³/mol. The number of nitrogens with zero attached hydrogens (tertiary/aromatic N) is 1. The second kappa shape index (κ2) is 7.81. The summed E-state index contributed by atoms with van der Waals surface area (Å²) in [6.07, 6.45) is 4.21. The molecule has 1 aliphatic carbocycles. The van der Waals surface area contributed by atoms with Gasteiger partial charge in [-0.05, 0) is 63.3 Å². The molecule has 1 fully saturated rings. The first-order valence-electron chi connectivity index (χ1n) is 8.33. The Hall–Kier alpha value is -1.06. The van der Waals surface area contributed by atoms with Crippen molar-refractivity contribution < 1.29 is 4.74 Å². The van der Waals surface area contributed by atoms with Crippen molar-refractivity contribution in [1.29, 1.82) is 0 Å². The standard InChI is InChI=1S/C18H30N2O/c1-4-11-20(12-15-5-6-15)13-18(19)16-7-9-17(10-8-16)21-14(2)3/h7-10,14-15,18H,4-6,11-13,19H2,1-3H3. The number of hydrogen-bond donors (Lipinski definition) is 1. The molecule has 2 N–H and O–H groups in total. The molecule has 0 spiro atoms. The summed E-state index contributed by atoms with van der Waals surface area (Å²) in [7, 11) is 0. The predicted octanol–water partition coefficient (Wildman–Crippen LogP) is 3.60. The lowest BCUT2D eigenvalue weighted by molar-refractivity contribution is 0.241. The minimum absolute atomic E-state index is 0.0865. The van der Waals surface area contributed by atoms with E-state index in [1.54, 1.807) is 0 Å². The summed E-state index contributed by atoms with van der Waals surface area (Å²) in [5, 5.41) is 0. The second-order valence-electron chi connectivity index (χ2n) is 6.55. The van der Waals surface area contributed by atoms with Crippen molar-refractivity contribution in [3.05, 3.63) is 29.8 Å². The normalized spacial score (nSPS) is 16.5. The van der Waals surface area contributed by atoms with Crippen molar-refractivity contribution in [1.82, 2.24) is 4.90 Å². The van der Waals surface area contributed by atoms with Crippen LogP contribution in [0.15, 0.2) is 24.3 Å². The lowest BCUT2D eigenvalue weighted by Gasteiger charge is -2.25. The van der Waals surface area contributed by atoms with Gasteiger partial charge in [0, 0.05) is 19.1 Å². The van der Waals surface area contributed by atoms with Gasteiger partial charge in [0.1, 0.15) is 5.75 Å². The lowest BCUT2D eigenvalue weighted by atomic mass is 10.1. The monoisotopic (exact) mass is 290 g/mol. The van der Waals surface area contributed by atoms with E-state index in [9.17, 15) is 0 Å². The van der Waals surface area contributed by atoms with Crippen LogP contribution in [0.3, 0.4) is 0 Å². The van der Waals surface area contributed by atoms with Crippen LogP contribution in [0.4, 0.5) is 0 Å². The fraction of sp³-hybridized carbons (Fsp3) is 0.667. The number of ether oxygens (including phenoxy) is 1. The van der Waals surface area contributed by atoms with Crippen molar-refractivity contribution in [3.8, 4) is 5.75 Å². The third-order valence-electron chi connectivity index (χ3n) is 3.89. The second-order valence-corrected chi connectivity index (χ2v) is 6.55. The SMILES string of the molecule is CCCN(CC1CC1)CC(N)c1ccc(OC(C)C)cc1. The molecule has 0 bridgehead atoms. The molecular formula is C18H30N2O. The zero-order valence-electron chi connectivity index (χ0n) is 13.7. The van der Waals surface area contributed by atoms with E-state index in [1.165, 1.54) is 31.4 Å². The summed E-state index contributed by atoms with van der Waals surface area (Å²) in [4.78, 5) is 2.53. The maximum atomic E-state index is 6.39. The summed E-state index contributed by atoms with van der Waals surface area (Å²) in [5.74, 6) is 1.84. The molecule has 3 nitrogen and oxygen atoms in total. The quantitative estimate of drug-likeness (QED) is 0.755. The van der Waals surface area contributed by atoms with Gasteiger partial charge in [0.2, 0.25) is 0 Å². The minimum Gasteiger partial charge on any atom is -0.491 e. The Morgan fingerprint density at radius 1 is 1.24 bits per heavy atom. The summed E-state index contributed by atoms with van der Waals surface area (Å²) in [6.45, 7) is 9.65. The van der Waals surface area contributed by atoms with Gasteiger partial charge < -0.3 is 15.4 Å². The number of rotatable bonds is 9. The molecule has 118 valence electrons. The van der Waals surface area contributed by atoms with E-state index in [-0.39, 0.29) is 12.1 Å². The van der Waals surface area contributed by atoms with Crippen molar-refractivity contribution in [2.75, 3.05) is 19.6 Å². The summed E-state index contributed by atoms with van der Waals surface area (Å²) in [5.41, 5.74) is 7.59. The van der Waals surface area contributed by atoms with Crippen LogP contribution in [0.25, 0.3) is 0 Å². The van der Waals surface area contributed by atoms with Crippen LogP contribution in [0.5, 0.6) is 5.75 Å². The third-order valence-corrected chi connectivity index (χ3v) is 3.89. The third kappa shape index (κ3) is 5.68. The molecule has 0 radical (unpaired) electrons. The van der Waals surface area contributed by atoms with Crippen LogP contribution >= 0.6 is 0 Å². The smallest absolute Gasteiger partial charge is 0.119 e. The van der Waals surface area contributed by atoms with E-state index in [0.717, 1.165) is 24.8 Å². The number of hydrogen-bond acceptors (Lipinski definition) is 3. The topological polar surface area (TPSA) is 38.5 Å². The van der Waals surface area contributed by atoms with E-state index >= 15 is 0 Å². The first-order chi connectivity index (χ1) is 10.1. The van der Waals surface area contributed by atoms with Gasteiger partial charge >= 0.3 is 0 Å². The molecule has 3 heteroatoms. The summed E-state index contributed by atoms with van der Waals surface area (Å²) >= 11 is 0. The highest BCUT2D eigenvalue weighted by Crippen LogP contribution is 2.30. The van der Waals surface area contributed by atoms with E-state index in [0.29, 0.717) is 0 Å². The maximum Gasteiger partial charge on any atom is 0.119 e. The molecule has 1 aromatic carbocycles. The largest absolute Gasteiger partial charge is 0.491 e. The molecule has 1 aliphatic rings. The van der Waals surface area contributed by atoms with Gasteiger partial charge in [0.15, 0.2) is 0 Å². The van der Waals surface area contributed by atoms with Gasteiger partial charge in [0.05, 0.1) is 6.10 Å². The Morgan fingerprint density at radius 2 is 1.90 bits per heavy atom. The van der Waals surface area contributed by atoms with Crippen LogP contribution in [-0.4, -0.2) is 30.6 Å². The Balaban J connectivity index is 1.89.